The molecule has 0 aromatic heterocycles. The normalized spacial score (nSPS) is 11.9. The summed E-state index contributed by atoms with van der Waals surface area (Å²) in [6.45, 7) is 1.82. The second-order valence-corrected chi connectivity index (χ2v) is 2.41. The van der Waals surface area contributed by atoms with E-state index in [1.54, 1.807) is 0 Å². The van der Waals surface area contributed by atoms with Crippen molar-refractivity contribution < 1.29 is 19.1 Å². The van der Waals surface area contributed by atoms with Gasteiger partial charge in [0.25, 0.3) is 0 Å². The first-order valence-corrected chi connectivity index (χ1v) is 3.80. The smallest absolute Gasteiger partial charge is 0.309 e. The highest BCUT2D eigenvalue weighted by molar-refractivity contribution is 5.79. The Balaban J connectivity index is 3.99. The molecule has 0 heterocycles. The lowest BCUT2D eigenvalue weighted by Gasteiger charge is -2.09. The van der Waals surface area contributed by atoms with Gasteiger partial charge in [-0.05, 0) is 6.42 Å². The standard InChI is InChI=1S/C8H14O4/c1-4-6(8(10)12-3)5-7(9)11-2/h6H,4-5H2,1-3H3/t6-/m0/s1. The first-order chi connectivity index (χ1) is 5.65. The molecule has 0 saturated carbocycles. The van der Waals surface area contributed by atoms with Crippen LogP contribution in [0.4, 0.5) is 0 Å². The molecule has 4 heteroatoms. The van der Waals surface area contributed by atoms with Crippen LogP contribution in [0.3, 0.4) is 0 Å². The van der Waals surface area contributed by atoms with E-state index in [2.05, 4.69) is 9.47 Å². The van der Waals surface area contributed by atoms with Crippen LogP contribution in [0, 0.1) is 5.92 Å². The molecule has 0 N–H and O–H groups in total. The zero-order valence-electron chi connectivity index (χ0n) is 7.62. The van der Waals surface area contributed by atoms with E-state index in [1.165, 1.54) is 14.2 Å². The lowest BCUT2D eigenvalue weighted by atomic mass is 10.0. The van der Waals surface area contributed by atoms with E-state index in [4.69, 9.17) is 0 Å². The molecule has 0 aromatic rings. The van der Waals surface area contributed by atoms with Crippen LogP contribution in [0.25, 0.3) is 0 Å². The minimum absolute atomic E-state index is 0.0969. The SMILES string of the molecule is CC[C@@H](CC(=O)OC)C(=O)OC. The number of rotatable bonds is 4. The Bertz CT molecular complexity index is 164. The summed E-state index contributed by atoms with van der Waals surface area (Å²) >= 11 is 0. The zero-order chi connectivity index (χ0) is 9.56. The number of hydrogen-bond acceptors (Lipinski definition) is 4. The van der Waals surface area contributed by atoms with E-state index in [-0.39, 0.29) is 24.3 Å². The maximum atomic E-state index is 11.0. The lowest BCUT2D eigenvalue weighted by molar-refractivity contribution is -0.152. The molecule has 4 nitrogen and oxygen atoms in total. The Labute approximate surface area is 71.8 Å². The molecule has 0 bridgehead atoms. The van der Waals surface area contributed by atoms with Gasteiger partial charge in [0, 0.05) is 0 Å². The van der Waals surface area contributed by atoms with Gasteiger partial charge in [0.1, 0.15) is 0 Å². The fourth-order valence-electron chi connectivity index (χ4n) is 0.846. The average molecular weight is 174 g/mol. The molecule has 12 heavy (non-hydrogen) atoms. The summed E-state index contributed by atoms with van der Waals surface area (Å²) in [7, 11) is 2.61. The molecule has 0 rings (SSSR count). The minimum atomic E-state index is -0.382. The highest BCUT2D eigenvalue weighted by Crippen LogP contribution is 2.10. The third-order valence-corrected chi connectivity index (χ3v) is 1.67. The highest BCUT2D eigenvalue weighted by atomic mass is 16.5. The van der Waals surface area contributed by atoms with Gasteiger partial charge in [0.2, 0.25) is 0 Å². The molecule has 0 aliphatic carbocycles. The van der Waals surface area contributed by atoms with Crippen molar-refractivity contribution in [2.45, 2.75) is 19.8 Å². The Morgan fingerprint density at radius 1 is 1.25 bits per heavy atom. The van der Waals surface area contributed by atoms with Gasteiger partial charge >= 0.3 is 11.9 Å². The second kappa shape index (κ2) is 5.57. The summed E-state index contributed by atoms with van der Waals surface area (Å²) in [6.07, 6.45) is 0.682. The van der Waals surface area contributed by atoms with E-state index in [0.29, 0.717) is 6.42 Å². The van der Waals surface area contributed by atoms with Crippen molar-refractivity contribution >= 4 is 11.9 Å². The third-order valence-electron chi connectivity index (χ3n) is 1.67. The van der Waals surface area contributed by atoms with Crippen LogP contribution in [0.15, 0.2) is 0 Å². The van der Waals surface area contributed by atoms with E-state index >= 15 is 0 Å². The van der Waals surface area contributed by atoms with E-state index < -0.39 is 0 Å². The number of carbonyl (C=O) groups is 2. The molecule has 70 valence electrons. The van der Waals surface area contributed by atoms with Gasteiger partial charge < -0.3 is 9.47 Å². The van der Waals surface area contributed by atoms with Gasteiger partial charge in [0.15, 0.2) is 0 Å². The van der Waals surface area contributed by atoms with Crippen LogP contribution in [-0.2, 0) is 19.1 Å². The van der Waals surface area contributed by atoms with Crippen LogP contribution in [0.1, 0.15) is 19.8 Å². The van der Waals surface area contributed by atoms with Gasteiger partial charge in [-0.15, -0.1) is 0 Å². The minimum Gasteiger partial charge on any atom is -0.469 e. The summed E-state index contributed by atoms with van der Waals surface area (Å²) < 4.78 is 8.93. The monoisotopic (exact) mass is 174 g/mol. The zero-order valence-corrected chi connectivity index (χ0v) is 7.62. The van der Waals surface area contributed by atoms with Crippen LogP contribution in [0.2, 0.25) is 0 Å². The molecular formula is C8H14O4. The van der Waals surface area contributed by atoms with Gasteiger partial charge in [0.05, 0.1) is 26.6 Å². The Hall–Kier alpha value is -1.06. The van der Waals surface area contributed by atoms with Crippen LogP contribution < -0.4 is 0 Å². The molecule has 0 aliphatic heterocycles. The summed E-state index contributed by atoms with van der Waals surface area (Å²) in [5.74, 6) is -1.11. The maximum absolute atomic E-state index is 11.0. The predicted octanol–water partition coefficient (Wildman–Crippen LogP) is 0.749. The van der Waals surface area contributed by atoms with Gasteiger partial charge in [-0.25, -0.2) is 0 Å². The van der Waals surface area contributed by atoms with Crippen molar-refractivity contribution in [3.05, 3.63) is 0 Å². The summed E-state index contributed by atoms with van der Waals surface area (Å²) in [5.41, 5.74) is 0. The summed E-state index contributed by atoms with van der Waals surface area (Å²) in [4.78, 5) is 21.7. The Kier molecular flexibility index (Phi) is 5.08. The number of methoxy groups -OCH3 is 2. The fourth-order valence-corrected chi connectivity index (χ4v) is 0.846. The topological polar surface area (TPSA) is 52.6 Å². The van der Waals surface area contributed by atoms with Crippen LogP contribution in [0.5, 0.6) is 0 Å². The van der Waals surface area contributed by atoms with Crippen molar-refractivity contribution in [2.75, 3.05) is 14.2 Å². The number of ether oxygens (including phenoxy) is 2. The van der Waals surface area contributed by atoms with Gasteiger partial charge in [-0.3, -0.25) is 9.59 Å². The van der Waals surface area contributed by atoms with Gasteiger partial charge in [-0.1, -0.05) is 6.92 Å². The molecule has 0 spiro atoms. The van der Waals surface area contributed by atoms with Gasteiger partial charge in [-0.2, -0.15) is 0 Å². The van der Waals surface area contributed by atoms with E-state index in [9.17, 15) is 9.59 Å². The first kappa shape index (κ1) is 10.9. The predicted molar refractivity (Wildman–Crippen MR) is 42.4 cm³/mol. The number of hydrogen-bond donors (Lipinski definition) is 0. The van der Waals surface area contributed by atoms with E-state index in [1.807, 2.05) is 6.92 Å². The Morgan fingerprint density at radius 2 is 1.83 bits per heavy atom. The van der Waals surface area contributed by atoms with Crippen molar-refractivity contribution in [3.8, 4) is 0 Å². The second-order valence-electron chi connectivity index (χ2n) is 2.41. The molecule has 1 atom stereocenters. The number of esters is 2. The molecular weight excluding hydrogens is 160 g/mol. The molecule has 0 amide bonds. The molecule has 0 aliphatic rings. The summed E-state index contributed by atoms with van der Waals surface area (Å²) in [5, 5.41) is 0. The van der Waals surface area contributed by atoms with Crippen LogP contribution >= 0.6 is 0 Å². The van der Waals surface area contributed by atoms with Crippen LogP contribution in [-0.4, -0.2) is 26.2 Å². The molecule has 0 unspecified atom stereocenters. The Morgan fingerprint density at radius 3 is 2.17 bits per heavy atom. The molecule has 0 radical (unpaired) electrons. The third kappa shape index (κ3) is 3.37. The first-order valence-electron chi connectivity index (χ1n) is 3.80. The fraction of sp³-hybridized carbons (Fsp3) is 0.750. The van der Waals surface area contributed by atoms with Crippen molar-refractivity contribution in [1.29, 1.82) is 0 Å². The molecule has 0 fully saturated rings. The number of carbonyl (C=O) groups excluding carboxylic acids is 2. The maximum Gasteiger partial charge on any atom is 0.309 e. The quantitative estimate of drug-likeness (QED) is 0.590. The lowest BCUT2D eigenvalue weighted by Crippen LogP contribution is -2.19. The van der Waals surface area contributed by atoms with E-state index in [0.717, 1.165) is 0 Å². The average Bonchev–Trinajstić information content (AvgIpc) is 2.12. The van der Waals surface area contributed by atoms with Crippen molar-refractivity contribution in [2.24, 2.45) is 5.92 Å². The molecule has 0 saturated heterocycles. The van der Waals surface area contributed by atoms with Crippen molar-refractivity contribution in [1.82, 2.24) is 0 Å². The summed E-state index contributed by atoms with van der Waals surface area (Å²) in [6, 6.07) is 0. The molecule has 0 aromatic carbocycles. The van der Waals surface area contributed by atoms with Crippen molar-refractivity contribution in [3.63, 3.8) is 0 Å². The largest absolute Gasteiger partial charge is 0.469 e. The highest BCUT2D eigenvalue weighted by Gasteiger charge is 2.20.